The maximum Gasteiger partial charge on any atom is 0.236 e. The molecule has 0 atom stereocenters. The Morgan fingerprint density at radius 1 is 1.47 bits per heavy atom. The average molecular weight is 209 g/mol. The molecule has 0 saturated heterocycles. The standard InChI is InChI=1S/C11H19N3O/c1-13(8-10-4-5-10)9-11(15)14(2)7-3-6-12/h10H,3-5,7-9H2,1-2H3. The van der Waals surface area contributed by atoms with Gasteiger partial charge in [-0.2, -0.15) is 5.26 Å². The lowest BCUT2D eigenvalue weighted by Gasteiger charge is -2.20. The normalized spacial score (nSPS) is 15.1. The summed E-state index contributed by atoms with van der Waals surface area (Å²) in [6.45, 7) is 2.03. The van der Waals surface area contributed by atoms with Crippen LogP contribution in [0.2, 0.25) is 0 Å². The van der Waals surface area contributed by atoms with E-state index in [1.807, 2.05) is 13.1 Å². The molecule has 1 amide bonds. The van der Waals surface area contributed by atoms with Crippen LogP contribution in [0.5, 0.6) is 0 Å². The molecular formula is C11H19N3O. The van der Waals surface area contributed by atoms with Crippen molar-refractivity contribution in [1.82, 2.24) is 9.80 Å². The summed E-state index contributed by atoms with van der Waals surface area (Å²) in [6, 6.07) is 2.04. The minimum Gasteiger partial charge on any atom is -0.344 e. The van der Waals surface area contributed by atoms with Gasteiger partial charge in [0.05, 0.1) is 19.0 Å². The third-order valence-corrected chi connectivity index (χ3v) is 2.66. The molecule has 0 aliphatic heterocycles. The Hall–Kier alpha value is -1.08. The summed E-state index contributed by atoms with van der Waals surface area (Å²) in [5.41, 5.74) is 0. The summed E-state index contributed by atoms with van der Waals surface area (Å²) >= 11 is 0. The number of likely N-dealkylation sites (N-methyl/N-ethyl adjacent to an activating group) is 2. The maximum atomic E-state index is 11.6. The van der Waals surface area contributed by atoms with Crippen LogP contribution in [0, 0.1) is 17.2 Å². The van der Waals surface area contributed by atoms with E-state index < -0.39 is 0 Å². The van der Waals surface area contributed by atoms with Crippen LogP contribution in [-0.2, 0) is 4.79 Å². The van der Waals surface area contributed by atoms with Gasteiger partial charge in [0.25, 0.3) is 0 Å². The number of nitrogens with zero attached hydrogens (tertiary/aromatic N) is 3. The van der Waals surface area contributed by atoms with Crippen LogP contribution in [0.3, 0.4) is 0 Å². The minimum atomic E-state index is 0.105. The fraction of sp³-hybridized carbons (Fsp3) is 0.818. The molecule has 4 nitrogen and oxygen atoms in total. The van der Waals surface area contributed by atoms with Crippen molar-refractivity contribution in [3.05, 3.63) is 0 Å². The molecule has 0 bridgehead atoms. The van der Waals surface area contributed by atoms with E-state index in [0.29, 0.717) is 19.5 Å². The van der Waals surface area contributed by atoms with Crippen molar-refractivity contribution in [1.29, 1.82) is 5.26 Å². The zero-order valence-corrected chi connectivity index (χ0v) is 9.57. The van der Waals surface area contributed by atoms with E-state index in [9.17, 15) is 4.79 Å². The Morgan fingerprint density at radius 2 is 2.13 bits per heavy atom. The molecule has 1 rings (SSSR count). The van der Waals surface area contributed by atoms with Gasteiger partial charge < -0.3 is 4.90 Å². The van der Waals surface area contributed by atoms with Crippen molar-refractivity contribution in [2.24, 2.45) is 5.92 Å². The molecule has 0 aromatic carbocycles. The fourth-order valence-electron chi connectivity index (χ4n) is 1.50. The van der Waals surface area contributed by atoms with Crippen molar-refractivity contribution in [2.45, 2.75) is 19.3 Å². The predicted octanol–water partition coefficient (Wildman–Crippen LogP) is 0.700. The molecule has 1 aliphatic rings. The van der Waals surface area contributed by atoms with Crippen molar-refractivity contribution in [3.8, 4) is 6.07 Å². The van der Waals surface area contributed by atoms with E-state index in [1.54, 1.807) is 11.9 Å². The first-order chi connectivity index (χ1) is 7.13. The molecule has 15 heavy (non-hydrogen) atoms. The van der Waals surface area contributed by atoms with Crippen molar-refractivity contribution >= 4 is 5.91 Å². The maximum absolute atomic E-state index is 11.6. The molecule has 0 heterocycles. The zero-order chi connectivity index (χ0) is 11.3. The molecule has 1 saturated carbocycles. The van der Waals surface area contributed by atoms with Crippen LogP contribution < -0.4 is 0 Å². The summed E-state index contributed by atoms with van der Waals surface area (Å²) in [7, 11) is 3.74. The zero-order valence-electron chi connectivity index (χ0n) is 9.57. The molecule has 1 aliphatic carbocycles. The van der Waals surface area contributed by atoms with E-state index >= 15 is 0 Å². The van der Waals surface area contributed by atoms with Gasteiger partial charge in [-0.05, 0) is 25.8 Å². The Kier molecular flexibility index (Phi) is 4.57. The van der Waals surface area contributed by atoms with Gasteiger partial charge in [-0.3, -0.25) is 9.69 Å². The monoisotopic (exact) mass is 209 g/mol. The Balaban J connectivity index is 2.17. The number of carbonyl (C=O) groups is 1. The summed E-state index contributed by atoms with van der Waals surface area (Å²) in [6.07, 6.45) is 3.03. The lowest BCUT2D eigenvalue weighted by molar-refractivity contribution is -0.130. The Morgan fingerprint density at radius 3 is 2.67 bits per heavy atom. The van der Waals surface area contributed by atoms with Gasteiger partial charge in [0.1, 0.15) is 0 Å². The Bertz CT molecular complexity index is 255. The van der Waals surface area contributed by atoms with Gasteiger partial charge in [-0.15, -0.1) is 0 Å². The highest BCUT2D eigenvalue weighted by molar-refractivity contribution is 5.77. The van der Waals surface area contributed by atoms with Crippen LogP contribution in [0.15, 0.2) is 0 Å². The molecule has 4 heteroatoms. The molecule has 84 valence electrons. The highest BCUT2D eigenvalue weighted by Crippen LogP contribution is 2.29. The summed E-state index contributed by atoms with van der Waals surface area (Å²) in [5.74, 6) is 0.917. The topological polar surface area (TPSA) is 47.3 Å². The first kappa shape index (κ1) is 12.0. The van der Waals surface area contributed by atoms with Gasteiger partial charge in [0.15, 0.2) is 0 Å². The first-order valence-corrected chi connectivity index (χ1v) is 5.43. The number of rotatable bonds is 6. The molecule has 0 N–H and O–H groups in total. The van der Waals surface area contributed by atoms with Crippen molar-refractivity contribution in [2.75, 3.05) is 33.7 Å². The molecule has 0 spiro atoms. The van der Waals surface area contributed by atoms with Crippen LogP contribution in [0.25, 0.3) is 0 Å². The number of hydrogen-bond donors (Lipinski definition) is 0. The van der Waals surface area contributed by atoms with Gasteiger partial charge >= 0.3 is 0 Å². The average Bonchev–Trinajstić information content (AvgIpc) is 2.97. The van der Waals surface area contributed by atoms with E-state index in [1.165, 1.54) is 12.8 Å². The predicted molar refractivity (Wildman–Crippen MR) is 58.1 cm³/mol. The van der Waals surface area contributed by atoms with E-state index in [0.717, 1.165) is 12.5 Å². The van der Waals surface area contributed by atoms with Gasteiger partial charge in [-0.25, -0.2) is 0 Å². The smallest absolute Gasteiger partial charge is 0.236 e. The molecular weight excluding hydrogens is 190 g/mol. The number of hydrogen-bond acceptors (Lipinski definition) is 3. The van der Waals surface area contributed by atoms with Crippen LogP contribution in [0.4, 0.5) is 0 Å². The van der Waals surface area contributed by atoms with Gasteiger partial charge in [-0.1, -0.05) is 0 Å². The van der Waals surface area contributed by atoms with Crippen molar-refractivity contribution in [3.63, 3.8) is 0 Å². The quantitative estimate of drug-likeness (QED) is 0.647. The van der Waals surface area contributed by atoms with Gasteiger partial charge in [0.2, 0.25) is 5.91 Å². The molecule has 0 aromatic rings. The van der Waals surface area contributed by atoms with Crippen LogP contribution in [0.1, 0.15) is 19.3 Å². The molecule has 1 fully saturated rings. The lowest BCUT2D eigenvalue weighted by Crippen LogP contribution is -2.37. The van der Waals surface area contributed by atoms with E-state index in [4.69, 9.17) is 5.26 Å². The molecule has 0 radical (unpaired) electrons. The van der Waals surface area contributed by atoms with Crippen LogP contribution in [-0.4, -0.2) is 49.4 Å². The summed E-state index contributed by atoms with van der Waals surface area (Å²) < 4.78 is 0. The summed E-state index contributed by atoms with van der Waals surface area (Å²) in [5, 5.41) is 8.41. The second kappa shape index (κ2) is 5.72. The first-order valence-electron chi connectivity index (χ1n) is 5.43. The SMILES string of the molecule is CN(CC(=O)N(C)CCC#N)CC1CC1. The molecule has 0 unspecified atom stereocenters. The highest BCUT2D eigenvalue weighted by atomic mass is 16.2. The number of nitriles is 1. The highest BCUT2D eigenvalue weighted by Gasteiger charge is 2.23. The third kappa shape index (κ3) is 4.80. The fourth-order valence-corrected chi connectivity index (χ4v) is 1.50. The third-order valence-electron chi connectivity index (χ3n) is 2.66. The summed E-state index contributed by atoms with van der Waals surface area (Å²) in [4.78, 5) is 15.3. The second-order valence-electron chi connectivity index (χ2n) is 4.36. The van der Waals surface area contributed by atoms with Gasteiger partial charge in [0, 0.05) is 20.1 Å². The van der Waals surface area contributed by atoms with Crippen molar-refractivity contribution < 1.29 is 4.79 Å². The minimum absolute atomic E-state index is 0.105. The van der Waals surface area contributed by atoms with Crippen LogP contribution >= 0.6 is 0 Å². The lowest BCUT2D eigenvalue weighted by atomic mass is 10.3. The molecule has 0 aromatic heterocycles. The van der Waals surface area contributed by atoms with E-state index in [2.05, 4.69) is 4.90 Å². The Labute approximate surface area is 91.5 Å². The number of amides is 1. The second-order valence-corrected chi connectivity index (χ2v) is 4.36. The number of carbonyl (C=O) groups excluding carboxylic acids is 1. The largest absolute Gasteiger partial charge is 0.344 e. The van der Waals surface area contributed by atoms with E-state index in [-0.39, 0.29) is 5.91 Å².